The molecule has 22 heavy (non-hydrogen) atoms. The fraction of sp³-hybridized carbons (Fsp3) is 0.438. The Kier molecular flexibility index (Phi) is 4.68. The highest BCUT2D eigenvalue weighted by Gasteiger charge is 2.52. The molecule has 5 nitrogen and oxygen atoms in total. The predicted octanol–water partition coefficient (Wildman–Crippen LogP) is 2.63. The summed E-state index contributed by atoms with van der Waals surface area (Å²) in [6.45, 7) is 8.37. The van der Waals surface area contributed by atoms with E-state index >= 15 is 0 Å². The second kappa shape index (κ2) is 6.19. The Morgan fingerprint density at radius 2 is 1.77 bits per heavy atom. The molecule has 1 saturated heterocycles. The van der Waals surface area contributed by atoms with Crippen LogP contribution in [0.1, 0.15) is 33.3 Å². The van der Waals surface area contributed by atoms with E-state index in [4.69, 9.17) is 15.0 Å². The highest BCUT2D eigenvalue weighted by Crippen LogP contribution is 2.38. The maximum Gasteiger partial charge on any atom is 0.491 e. The number of rotatable bonds is 4. The Labute approximate surface area is 131 Å². The van der Waals surface area contributed by atoms with Gasteiger partial charge in [-0.1, -0.05) is 18.2 Å². The molecule has 1 aromatic rings. The van der Waals surface area contributed by atoms with E-state index in [9.17, 15) is 4.79 Å². The van der Waals surface area contributed by atoms with Crippen molar-refractivity contribution in [1.29, 1.82) is 0 Å². The zero-order valence-electron chi connectivity index (χ0n) is 13.4. The summed E-state index contributed by atoms with van der Waals surface area (Å²) in [5.41, 5.74) is 7.45. The van der Waals surface area contributed by atoms with E-state index in [0.717, 1.165) is 11.0 Å². The second-order valence-corrected chi connectivity index (χ2v) is 6.31. The summed E-state index contributed by atoms with van der Waals surface area (Å²) in [6.07, 6.45) is 3.46. The van der Waals surface area contributed by atoms with E-state index in [-0.39, 0.29) is 0 Å². The van der Waals surface area contributed by atoms with Gasteiger partial charge in [0.25, 0.3) is 0 Å². The van der Waals surface area contributed by atoms with Crippen molar-refractivity contribution < 1.29 is 14.1 Å². The van der Waals surface area contributed by atoms with Crippen LogP contribution in [0.4, 0.5) is 5.69 Å². The summed E-state index contributed by atoms with van der Waals surface area (Å²) in [6, 6.07) is 7.21. The van der Waals surface area contributed by atoms with Gasteiger partial charge in [0.05, 0.1) is 16.9 Å². The monoisotopic (exact) mass is 300 g/mol. The molecule has 0 spiro atoms. The maximum absolute atomic E-state index is 10.2. The lowest BCUT2D eigenvalue weighted by atomic mass is 9.77. The molecule has 0 bridgehead atoms. The van der Waals surface area contributed by atoms with Gasteiger partial charge in [-0.05, 0) is 50.9 Å². The van der Waals surface area contributed by atoms with Crippen molar-refractivity contribution in [2.45, 2.75) is 38.9 Å². The zero-order valence-corrected chi connectivity index (χ0v) is 13.4. The highest BCUT2D eigenvalue weighted by molar-refractivity contribution is 6.55. The Bertz CT molecular complexity index is 601. The molecule has 0 unspecified atom stereocenters. The molecule has 0 aliphatic carbocycles. The van der Waals surface area contributed by atoms with Gasteiger partial charge in [-0.3, -0.25) is 0 Å². The van der Waals surface area contributed by atoms with Gasteiger partial charge in [-0.2, -0.15) is 4.99 Å². The van der Waals surface area contributed by atoms with Crippen LogP contribution in [-0.4, -0.2) is 30.9 Å². The Hall–Kier alpha value is -1.72. The number of nitrogens with two attached hydrogens (primary N) is 1. The minimum Gasteiger partial charge on any atom is -0.400 e. The summed E-state index contributed by atoms with van der Waals surface area (Å²) >= 11 is 0. The molecule has 1 heterocycles. The zero-order chi connectivity index (χ0) is 16.4. The lowest BCUT2D eigenvalue weighted by molar-refractivity contribution is 0.00578. The average molecular weight is 300 g/mol. The number of carbonyl (C=O) groups excluding carboxylic acids is 1. The normalized spacial score (nSPS) is 19.9. The molecule has 2 rings (SSSR count). The molecule has 1 aliphatic rings. The Morgan fingerprint density at radius 1 is 1.23 bits per heavy atom. The molecule has 1 aromatic carbocycles. The van der Waals surface area contributed by atoms with Crippen molar-refractivity contribution in [1.82, 2.24) is 0 Å². The summed E-state index contributed by atoms with van der Waals surface area (Å²) in [5, 5.41) is 0. The van der Waals surface area contributed by atoms with Crippen LogP contribution in [0.3, 0.4) is 0 Å². The van der Waals surface area contributed by atoms with Gasteiger partial charge in [0.15, 0.2) is 0 Å². The van der Waals surface area contributed by atoms with Crippen LogP contribution in [0, 0.1) is 0 Å². The molecule has 0 aromatic heterocycles. The quantitative estimate of drug-likeness (QED) is 0.527. The van der Waals surface area contributed by atoms with Gasteiger partial charge in [-0.15, -0.1) is 0 Å². The average Bonchev–Trinajstić information content (AvgIpc) is 2.67. The molecule has 0 saturated carbocycles. The first kappa shape index (κ1) is 16.7. The standard InChI is InChI=1S/C16H21BN2O3/c1-15(2)16(3,4)22-17(21-15)13(10-18)9-12-5-7-14(8-6-12)19-11-20/h5-9H,10,18H2,1-4H3. The SMILES string of the molecule is CC1(C)OB(C(=Cc2ccc(N=C=O)cc2)CN)OC1(C)C. The molecule has 1 fully saturated rings. The van der Waals surface area contributed by atoms with Crippen molar-refractivity contribution in [3.8, 4) is 0 Å². The molecule has 2 N–H and O–H groups in total. The van der Waals surface area contributed by atoms with Gasteiger partial charge >= 0.3 is 7.12 Å². The molecular formula is C16H21BN2O3. The smallest absolute Gasteiger partial charge is 0.400 e. The van der Waals surface area contributed by atoms with Crippen LogP contribution in [0.5, 0.6) is 0 Å². The van der Waals surface area contributed by atoms with Gasteiger partial charge in [0.1, 0.15) is 0 Å². The summed E-state index contributed by atoms with van der Waals surface area (Å²) in [5.74, 6) is 0. The first-order valence-corrected chi connectivity index (χ1v) is 7.23. The van der Waals surface area contributed by atoms with Crippen LogP contribution in [0.2, 0.25) is 0 Å². The van der Waals surface area contributed by atoms with Crippen molar-refractivity contribution >= 4 is 25.0 Å². The van der Waals surface area contributed by atoms with Gasteiger partial charge in [-0.25, -0.2) is 4.79 Å². The molecule has 0 amide bonds. The van der Waals surface area contributed by atoms with Crippen molar-refractivity contribution in [3.63, 3.8) is 0 Å². The number of hydrogen-bond donors (Lipinski definition) is 1. The number of benzene rings is 1. The number of isocyanates is 1. The van der Waals surface area contributed by atoms with Crippen molar-refractivity contribution in [2.75, 3.05) is 6.54 Å². The lowest BCUT2D eigenvalue weighted by Gasteiger charge is -2.32. The largest absolute Gasteiger partial charge is 0.491 e. The molecular weight excluding hydrogens is 279 g/mol. The first-order valence-electron chi connectivity index (χ1n) is 7.23. The van der Waals surface area contributed by atoms with E-state index in [1.807, 2.05) is 45.9 Å². The Balaban J connectivity index is 2.23. The summed E-state index contributed by atoms with van der Waals surface area (Å²) in [4.78, 5) is 13.8. The molecule has 1 aliphatic heterocycles. The maximum atomic E-state index is 10.2. The number of hydrogen-bond acceptors (Lipinski definition) is 5. The number of nitrogens with zero attached hydrogens (tertiary/aromatic N) is 1. The highest BCUT2D eigenvalue weighted by atomic mass is 16.7. The van der Waals surface area contributed by atoms with Crippen LogP contribution >= 0.6 is 0 Å². The van der Waals surface area contributed by atoms with Gasteiger partial charge in [0, 0.05) is 6.54 Å². The summed E-state index contributed by atoms with van der Waals surface area (Å²) in [7, 11) is -0.456. The van der Waals surface area contributed by atoms with Crippen LogP contribution in [0.25, 0.3) is 6.08 Å². The van der Waals surface area contributed by atoms with Crippen LogP contribution in [-0.2, 0) is 14.1 Å². The van der Waals surface area contributed by atoms with E-state index in [1.54, 1.807) is 12.1 Å². The minimum absolute atomic E-state index is 0.338. The molecule has 0 radical (unpaired) electrons. The van der Waals surface area contributed by atoms with E-state index in [2.05, 4.69) is 4.99 Å². The minimum atomic E-state index is -0.456. The van der Waals surface area contributed by atoms with Gasteiger partial charge < -0.3 is 15.0 Å². The number of aliphatic imine (C=N–C) groups is 1. The molecule has 0 atom stereocenters. The van der Waals surface area contributed by atoms with Crippen LogP contribution in [0.15, 0.2) is 34.7 Å². The van der Waals surface area contributed by atoms with E-state index < -0.39 is 18.3 Å². The van der Waals surface area contributed by atoms with Crippen molar-refractivity contribution in [2.24, 2.45) is 10.7 Å². The fourth-order valence-electron chi connectivity index (χ4n) is 2.13. The third-order valence-corrected chi connectivity index (χ3v) is 4.21. The summed E-state index contributed by atoms with van der Waals surface area (Å²) < 4.78 is 12.0. The van der Waals surface area contributed by atoms with E-state index in [1.165, 1.54) is 6.08 Å². The molecule has 116 valence electrons. The molecule has 6 heteroatoms. The van der Waals surface area contributed by atoms with Crippen molar-refractivity contribution in [3.05, 3.63) is 35.3 Å². The second-order valence-electron chi connectivity index (χ2n) is 6.31. The third-order valence-electron chi connectivity index (χ3n) is 4.21. The van der Waals surface area contributed by atoms with Gasteiger partial charge in [0.2, 0.25) is 6.08 Å². The first-order chi connectivity index (χ1) is 10.3. The van der Waals surface area contributed by atoms with Crippen LogP contribution < -0.4 is 5.73 Å². The lowest BCUT2D eigenvalue weighted by Crippen LogP contribution is -2.41. The predicted molar refractivity (Wildman–Crippen MR) is 87.3 cm³/mol. The van der Waals surface area contributed by atoms with E-state index in [0.29, 0.717) is 12.2 Å². The Morgan fingerprint density at radius 3 is 2.23 bits per heavy atom. The topological polar surface area (TPSA) is 73.9 Å². The third kappa shape index (κ3) is 3.37. The fourth-order valence-corrected chi connectivity index (χ4v) is 2.13.